The van der Waals surface area contributed by atoms with E-state index in [9.17, 15) is 4.39 Å². The first-order valence-corrected chi connectivity index (χ1v) is 9.16. The zero-order valence-electron chi connectivity index (χ0n) is 14.4. The van der Waals surface area contributed by atoms with E-state index in [1.54, 1.807) is 0 Å². The number of nitrogens with zero attached hydrogens (tertiary/aromatic N) is 3. The quantitative estimate of drug-likeness (QED) is 0.917. The lowest BCUT2D eigenvalue weighted by Crippen LogP contribution is -2.47. The second-order valence-corrected chi connectivity index (χ2v) is 8.03. The first-order chi connectivity index (χ1) is 11.6. The predicted molar refractivity (Wildman–Crippen MR) is 90.4 cm³/mol. The first kappa shape index (κ1) is 16.2. The van der Waals surface area contributed by atoms with Gasteiger partial charge in [-0.3, -0.25) is 0 Å². The molecule has 3 aliphatic rings. The lowest BCUT2D eigenvalue weighted by atomic mass is 9.61. The molecule has 1 aromatic rings. The summed E-state index contributed by atoms with van der Waals surface area (Å²) in [4.78, 5) is 10.9. The Labute approximate surface area is 143 Å². The van der Waals surface area contributed by atoms with Gasteiger partial charge in [0.2, 0.25) is 5.95 Å². The number of nitrogens with one attached hydrogen (secondary N) is 1. The molecule has 2 saturated carbocycles. The van der Waals surface area contributed by atoms with Crippen molar-refractivity contribution in [1.29, 1.82) is 0 Å². The van der Waals surface area contributed by atoms with Gasteiger partial charge >= 0.3 is 0 Å². The number of anilines is 1. The lowest BCUT2D eigenvalue weighted by molar-refractivity contribution is -0.0281. The molecule has 1 saturated heterocycles. The van der Waals surface area contributed by atoms with Crippen molar-refractivity contribution < 1.29 is 9.13 Å². The van der Waals surface area contributed by atoms with E-state index < -0.39 is 0 Å². The highest BCUT2D eigenvalue weighted by Crippen LogP contribution is 2.48. The van der Waals surface area contributed by atoms with Crippen LogP contribution in [0.1, 0.15) is 37.8 Å². The van der Waals surface area contributed by atoms with Crippen LogP contribution in [0.5, 0.6) is 0 Å². The molecule has 0 bridgehead atoms. The van der Waals surface area contributed by atoms with E-state index in [-0.39, 0.29) is 11.2 Å². The van der Waals surface area contributed by atoms with E-state index in [0.29, 0.717) is 30.0 Å². The monoisotopic (exact) mass is 334 g/mol. The second-order valence-electron chi connectivity index (χ2n) is 8.03. The van der Waals surface area contributed by atoms with Gasteiger partial charge in [0.25, 0.3) is 0 Å². The summed E-state index contributed by atoms with van der Waals surface area (Å²) in [5.41, 5.74) is 0.835. The summed E-state index contributed by atoms with van der Waals surface area (Å²) in [5.74, 6) is 0.813. The number of rotatable bonds is 4. The Morgan fingerprint density at radius 3 is 3.00 bits per heavy atom. The zero-order chi connectivity index (χ0) is 16.6. The Balaban J connectivity index is 1.36. The van der Waals surface area contributed by atoms with E-state index >= 15 is 0 Å². The van der Waals surface area contributed by atoms with E-state index in [2.05, 4.69) is 27.2 Å². The van der Waals surface area contributed by atoms with Gasteiger partial charge < -0.3 is 15.0 Å². The van der Waals surface area contributed by atoms with Crippen molar-refractivity contribution in [3.63, 3.8) is 0 Å². The highest BCUT2D eigenvalue weighted by atomic mass is 19.1. The SMILES string of the molecule is CN1CCOCC2(CC(Cc3nc(NC4CCC4)ncc3F)C2)C1. The Morgan fingerprint density at radius 2 is 2.25 bits per heavy atom. The van der Waals surface area contributed by atoms with Crippen LogP contribution >= 0.6 is 0 Å². The first-order valence-electron chi connectivity index (χ1n) is 9.16. The van der Waals surface area contributed by atoms with Crippen LogP contribution in [0.25, 0.3) is 0 Å². The molecule has 0 aromatic carbocycles. The van der Waals surface area contributed by atoms with Gasteiger partial charge in [0, 0.05) is 24.5 Å². The van der Waals surface area contributed by atoms with Crippen LogP contribution in [-0.4, -0.2) is 54.3 Å². The van der Waals surface area contributed by atoms with Crippen molar-refractivity contribution >= 4 is 5.95 Å². The third kappa shape index (κ3) is 3.40. The summed E-state index contributed by atoms with van der Waals surface area (Å²) in [5, 5.41) is 3.31. The van der Waals surface area contributed by atoms with Crippen LogP contribution in [0.15, 0.2) is 6.20 Å². The molecule has 5 nitrogen and oxygen atoms in total. The minimum atomic E-state index is -0.274. The van der Waals surface area contributed by atoms with Crippen LogP contribution in [0.2, 0.25) is 0 Å². The molecule has 0 unspecified atom stereocenters. The van der Waals surface area contributed by atoms with Crippen molar-refractivity contribution in [2.45, 2.75) is 44.6 Å². The van der Waals surface area contributed by atoms with Crippen LogP contribution in [0, 0.1) is 17.2 Å². The summed E-state index contributed by atoms with van der Waals surface area (Å²) < 4.78 is 19.9. The molecular weight excluding hydrogens is 307 g/mol. The molecular formula is C18H27FN4O. The molecule has 1 spiro atoms. The standard InChI is InChI=1S/C18H27FN4O/c1-23-5-6-24-12-18(11-23)8-13(9-18)7-16-15(19)10-20-17(22-16)21-14-3-2-4-14/h10,13-14H,2-9,11-12H2,1H3,(H,20,21,22). The maximum atomic E-state index is 14.1. The Morgan fingerprint density at radius 1 is 1.42 bits per heavy atom. The summed E-state index contributed by atoms with van der Waals surface area (Å²) in [6.07, 6.45) is 7.81. The summed E-state index contributed by atoms with van der Waals surface area (Å²) in [6.45, 7) is 3.75. The van der Waals surface area contributed by atoms with Gasteiger partial charge in [-0.25, -0.2) is 14.4 Å². The van der Waals surface area contributed by atoms with Gasteiger partial charge in [0.1, 0.15) is 0 Å². The van der Waals surface area contributed by atoms with Crippen LogP contribution in [-0.2, 0) is 11.2 Å². The molecule has 0 radical (unpaired) electrons. The normalized spacial score (nSPS) is 31.3. The average molecular weight is 334 g/mol. The van der Waals surface area contributed by atoms with Gasteiger partial charge in [0.15, 0.2) is 5.82 Å². The molecule has 1 aromatic heterocycles. The molecule has 3 fully saturated rings. The molecule has 4 rings (SSSR count). The molecule has 0 atom stereocenters. The topological polar surface area (TPSA) is 50.3 Å². The Hall–Kier alpha value is -1.27. The highest BCUT2D eigenvalue weighted by Gasteiger charge is 2.46. The van der Waals surface area contributed by atoms with Crippen LogP contribution < -0.4 is 5.32 Å². The fraction of sp³-hybridized carbons (Fsp3) is 0.778. The number of halogens is 1. The minimum absolute atomic E-state index is 0.270. The van der Waals surface area contributed by atoms with Gasteiger partial charge in [-0.2, -0.15) is 0 Å². The second kappa shape index (κ2) is 6.56. The smallest absolute Gasteiger partial charge is 0.223 e. The summed E-state index contributed by atoms with van der Waals surface area (Å²) in [7, 11) is 2.16. The van der Waals surface area contributed by atoms with Crippen molar-refractivity contribution in [3.8, 4) is 0 Å². The Kier molecular flexibility index (Phi) is 4.43. The highest BCUT2D eigenvalue weighted by molar-refractivity contribution is 5.28. The van der Waals surface area contributed by atoms with E-state index in [1.807, 2.05) is 0 Å². The molecule has 0 amide bonds. The number of ether oxygens (including phenoxy) is 1. The van der Waals surface area contributed by atoms with Crippen molar-refractivity contribution in [3.05, 3.63) is 17.7 Å². The fourth-order valence-electron chi connectivity index (χ4n) is 4.39. The molecule has 1 N–H and O–H groups in total. The maximum absolute atomic E-state index is 14.1. The summed E-state index contributed by atoms with van der Waals surface area (Å²) in [6, 6.07) is 0.467. The van der Waals surface area contributed by atoms with Crippen molar-refractivity contribution in [2.24, 2.45) is 11.3 Å². The number of likely N-dealkylation sites (N-methyl/N-ethyl adjacent to an activating group) is 1. The number of hydrogen-bond donors (Lipinski definition) is 1. The minimum Gasteiger partial charge on any atom is -0.379 e. The van der Waals surface area contributed by atoms with Gasteiger partial charge in [-0.05, 0) is 51.5 Å². The summed E-state index contributed by atoms with van der Waals surface area (Å²) >= 11 is 0. The molecule has 132 valence electrons. The molecule has 2 aliphatic carbocycles. The van der Waals surface area contributed by atoms with Crippen LogP contribution in [0.4, 0.5) is 10.3 Å². The van der Waals surface area contributed by atoms with Crippen molar-refractivity contribution in [2.75, 3.05) is 38.7 Å². The lowest BCUT2D eigenvalue weighted by Gasteiger charge is -2.48. The molecule has 24 heavy (non-hydrogen) atoms. The molecule has 6 heteroatoms. The Bertz CT molecular complexity index is 586. The fourth-order valence-corrected chi connectivity index (χ4v) is 4.39. The van der Waals surface area contributed by atoms with Crippen molar-refractivity contribution in [1.82, 2.24) is 14.9 Å². The van der Waals surface area contributed by atoms with Gasteiger partial charge in [0.05, 0.1) is 25.1 Å². The molecule has 2 heterocycles. The van der Waals surface area contributed by atoms with Crippen LogP contribution in [0.3, 0.4) is 0 Å². The zero-order valence-corrected chi connectivity index (χ0v) is 14.4. The van der Waals surface area contributed by atoms with E-state index in [1.165, 1.54) is 12.6 Å². The predicted octanol–water partition coefficient (Wildman–Crippen LogP) is 2.48. The third-order valence-corrected chi connectivity index (χ3v) is 5.81. The third-order valence-electron chi connectivity index (χ3n) is 5.81. The van der Waals surface area contributed by atoms with Gasteiger partial charge in [-0.1, -0.05) is 0 Å². The number of aromatic nitrogens is 2. The largest absolute Gasteiger partial charge is 0.379 e. The van der Waals surface area contributed by atoms with Gasteiger partial charge in [-0.15, -0.1) is 0 Å². The van der Waals surface area contributed by atoms with E-state index in [4.69, 9.17) is 4.74 Å². The maximum Gasteiger partial charge on any atom is 0.223 e. The molecule has 1 aliphatic heterocycles. The average Bonchev–Trinajstić information content (AvgIpc) is 2.67. The number of hydrogen-bond acceptors (Lipinski definition) is 5. The van der Waals surface area contributed by atoms with E-state index in [0.717, 1.165) is 52.0 Å².